The lowest BCUT2D eigenvalue weighted by atomic mass is 10.0. The Bertz CT molecular complexity index is 1240. The molecule has 3 atom stereocenters. The Kier molecular flexibility index (Phi) is 9.57. The maximum Gasteiger partial charge on any atom is 0.323 e. The predicted molar refractivity (Wildman–Crippen MR) is 154 cm³/mol. The number of ether oxygens (including phenoxy) is 1. The molecular weight excluding hydrogens is 492 g/mol. The van der Waals surface area contributed by atoms with Gasteiger partial charge in [0.1, 0.15) is 11.9 Å². The number of fused-ring (bicyclic) bond motifs is 1. The highest BCUT2D eigenvalue weighted by Gasteiger charge is 2.31. The first kappa shape index (κ1) is 28.1. The summed E-state index contributed by atoms with van der Waals surface area (Å²) in [6.07, 6.45) is -0.0913. The summed E-state index contributed by atoms with van der Waals surface area (Å²) in [6.45, 7) is 5.72. The van der Waals surface area contributed by atoms with Crippen molar-refractivity contribution in [2.45, 2.75) is 39.0 Å². The summed E-state index contributed by atoms with van der Waals surface area (Å²) in [6, 6.07) is 24.2. The van der Waals surface area contributed by atoms with Crippen LogP contribution in [0.2, 0.25) is 0 Å². The van der Waals surface area contributed by atoms with Gasteiger partial charge in [0, 0.05) is 42.5 Å². The van der Waals surface area contributed by atoms with Crippen molar-refractivity contribution < 1.29 is 19.4 Å². The Labute approximate surface area is 230 Å². The van der Waals surface area contributed by atoms with Crippen LogP contribution in [-0.2, 0) is 17.8 Å². The smallest absolute Gasteiger partial charge is 0.323 e. The molecule has 0 saturated heterocycles. The molecule has 3 aromatic carbocycles. The molecule has 0 bridgehead atoms. The number of hydrogen-bond donors (Lipinski definition) is 3. The van der Waals surface area contributed by atoms with Crippen LogP contribution in [0.4, 0.5) is 16.2 Å². The second-order valence-corrected chi connectivity index (χ2v) is 10.3. The monoisotopic (exact) mass is 530 g/mol. The molecule has 0 aliphatic carbocycles. The number of aliphatic hydroxyl groups excluding tert-OH is 1. The zero-order chi connectivity index (χ0) is 27.8. The molecular formula is C31H38N4O4. The molecule has 206 valence electrons. The quantitative estimate of drug-likeness (QED) is 0.395. The lowest BCUT2D eigenvalue weighted by Crippen LogP contribution is -2.47. The van der Waals surface area contributed by atoms with Crippen molar-refractivity contribution in [2.75, 3.05) is 37.4 Å². The lowest BCUT2D eigenvalue weighted by Gasteiger charge is -2.34. The van der Waals surface area contributed by atoms with Crippen molar-refractivity contribution >= 4 is 23.3 Å². The first-order valence-electron chi connectivity index (χ1n) is 13.4. The minimum atomic E-state index is -0.374. The van der Waals surface area contributed by atoms with Crippen molar-refractivity contribution in [3.8, 4) is 5.75 Å². The van der Waals surface area contributed by atoms with E-state index in [4.69, 9.17) is 4.74 Å². The van der Waals surface area contributed by atoms with E-state index in [9.17, 15) is 14.7 Å². The molecule has 0 spiro atoms. The van der Waals surface area contributed by atoms with E-state index in [1.54, 1.807) is 17.0 Å². The number of carbonyl (C=O) groups is 2. The number of hydrogen-bond acceptors (Lipinski definition) is 5. The molecule has 1 heterocycles. The van der Waals surface area contributed by atoms with Gasteiger partial charge in [-0.15, -0.1) is 0 Å². The van der Waals surface area contributed by atoms with E-state index in [2.05, 4.69) is 41.6 Å². The van der Waals surface area contributed by atoms with E-state index in [0.717, 1.165) is 6.54 Å². The van der Waals surface area contributed by atoms with Gasteiger partial charge in [-0.05, 0) is 49.9 Å². The molecule has 0 radical (unpaired) electrons. The van der Waals surface area contributed by atoms with Crippen molar-refractivity contribution in [1.29, 1.82) is 0 Å². The summed E-state index contributed by atoms with van der Waals surface area (Å²) >= 11 is 0. The van der Waals surface area contributed by atoms with Crippen LogP contribution in [0.1, 0.15) is 25.0 Å². The largest absolute Gasteiger partial charge is 0.488 e. The molecule has 3 amide bonds. The second-order valence-electron chi connectivity index (χ2n) is 10.3. The molecule has 0 unspecified atom stereocenters. The molecule has 3 N–H and O–H groups in total. The Hall–Kier alpha value is -3.88. The standard InChI is InChI=1S/C31H38N4O4/c1-22-18-35(23(2)21-36)30(37)17-25-16-27(33-31(38)32-26-12-8-5-9-13-26)14-15-28(25)39-29(22)20-34(3)19-24-10-6-4-7-11-24/h4-16,22-23,29,36H,17-21H2,1-3H3,(H2,32,33,38)/t22-,23+,29-/m0/s1. The van der Waals surface area contributed by atoms with Crippen molar-refractivity contribution in [2.24, 2.45) is 5.92 Å². The highest BCUT2D eigenvalue weighted by atomic mass is 16.5. The topological polar surface area (TPSA) is 94.1 Å². The van der Waals surface area contributed by atoms with E-state index in [0.29, 0.717) is 35.8 Å². The first-order valence-corrected chi connectivity index (χ1v) is 13.4. The summed E-state index contributed by atoms with van der Waals surface area (Å²) in [4.78, 5) is 30.0. The van der Waals surface area contributed by atoms with Crippen molar-refractivity contribution in [3.05, 3.63) is 90.0 Å². The van der Waals surface area contributed by atoms with E-state index in [-0.39, 0.29) is 43.0 Å². The maximum absolute atomic E-state index is 13.4. The summed E-state index contributed by atoms with van der Waals surface area (Å²) in [5, 5.41) is 15.5. The third kappa shape index (κ3) is 7.81. The van der Waals surface area contributed by atoms with Crippen LogP contribution in [0, 0.1) is 5.92 Å². The molecule has 1 aliphatic heterocycles. The minimum Gasteiger partial charge on any atom is -0.488 e. The fourth-order valence-electron chi connectivity index (χ4n) is 4.81. The Morgan fingerprint density at radius 1 is 1.05 bits per heavy atom. The number of rotatable bonds is 8. The number of likely N-dealkylation sites (N-methyl/N-ethyl adjacent to an activating group) is 1. The third-order valence-corrected chi connectivity index (χ3v) is 6.99. The number of urea groups is 1. The van der Waals surface area contributed by atoms with Gasteiger partial charge in [-0.1, -0.05) is 55.5 Å². The Morgan fingerprint density at radius 3 is 2.41 bits per heavy atom. The van der Waals surface area contributed by atoms with Crippen LogP contribution in [0.15, 0.2) is 78.9 Å². The van der Waals surface area contributed by atoms with Gasteiger partial charge in [-0.25, -0.2) is 4.79 Å². The number of nitrogens with zero attached hydrogens (tertiary/aromatic N) is 2. The van der Waals surface area contributed by atoms with Crippen LogP contribution in [0.5, 0.6) is 5.75 Å². The number of para-hydroxylation sites is 1. The van der Waals surface area contributed by atoms with Gasteiger partial charge in [0.25, 0.3) is 0 Å². The molecule has 8 heteroatoms. The van der Waals surface area contributed by atoms with Gasteiger partial charge in [-0.2, -0.15) is 0 Å². The van der Waals surface area contributed by atoms with Gasteiger partial charge in [0.05, 0.1) is 19.1 Å². The minimum absolute atomic E-state index is 0.0153. The highest BCUT2D eigenvalue weighted by molar-refractivity contribution is 5.99. The van der Waals surface area contributed by atoms with Crippen LogP contribution in [-0.4, -0.2) is 65.7 Å². The molecule has 0 saturated carbocycles. The first-order chi connectivity index (χ1) is 18.8. The fraction of sp³-hybridized carbons (Fsp3) is 0.355. The summed E-state index contributed by atoms with van der Waals surface area (Å²) in [5.74, 6) is 0.555. The normalized spacial score (nSPS) is 18.3. The van der Waals surface area contributed by atoms with Gasteiger partial charge in [-0.3, -0.25) is 9.69 Å². The van der Waals surface area contributed by atoms with Crippen LogP contribution in [0.3, 0.4) is 0 Å². The number of nitrogens with one attached hydrogen (secondary N) is 2. The average Bonchev–Trinajstić information content (AvgIpc) is 2.97. The van der Waals surface area contributed by atoms with Gasteiger partial charge in [0.15, 0.2) is 0 Å². The van der Waals surface area contributed by atoms with E-state index < -0.39 is 0 Å². The zero-order valence-corrected chi connectivity index (χ0v) is 22.8. The number of aliphatic hydroxyl groups is 1. The van der Waals surface area contributed by atoms with E-state index >= 15 is 0 Å². The Balaban J connectivity index is 1.56. The third-order valence-electron chi connectivity index (χ3n) is 6.99. The van der Waals surface area contributed by atoms with Crippen LogP contribution < -0.4 is 15.4 Å². The van der Waals surface area contributed by atoms with Crippen molar-refractivity contribution in [1.82, 2.24) is 9.80 Å². The number of anilines is 2. The molecule has 0 aromatic heterocycles. The van der Waals surface area contributed by atoms with Crippen molar-refractivity contribution in [3.63, 3.8) is 0 Å². The van der Waals surface area contributed by atoms with Gasteiger partial charge in [0.2, 0.25) is 5.91 Å². The predicted octanol–water partition coefficient (Wildman–Crippen LogP) is 4.61. The second kappa shape index (κ2) is 13.3. The van der Waals surface area contributed by atoms with E-state index in [1.165, 1.54) is 5.56 Å². The average molecular weight is 531 g/mol. The molecule has 4 rings (SSSR count). The summed E-state index contributed by atoms with van der Waals surface area (Å²) in [7, 11) is 2.06. The molecule has 3 aromatic rings. The van der Waals surface area contributed by atoms with Crippen LogP contribution in [0.25, 0.3) is 0 Å². The van der Waals surface area contributed by atoms with Crippen LogP contribution >= 0.6 is 0 Å². The van der Waals surface area contributed by atoms with Gasteiger partial charge < -0.3 is 25.4 Å². The molecule has 39 heavy (non-hydrogen) atoms. The number of carbonyl (C=O) groups excluding carboxylic acids is 2. The summed E-state index contributed by atoms with van der Waals surface area (Å²) in [5.41, 5.74) is 3.15. The van der Waals surface area contributed by atoms with Gasteiger partial charge >= 0.3 is 6.03 Å². The fourth-order valence-corrected chi connectivity index (χ4v) is 4.81. The molecule has 8 nitrogen and oxygen atoms in total. The number of benzene rings is 3. The zero-order valence-electron chi connectivity index (χ0n) is 22.8. The lowest BCUT2D eigenvalue weighted by molar-refractivity contribution is -0.134. The summed E-state index contributed by atoms with van der Waals surface area (Å²) < 4.78 is 6.59. The molecule has 0 fully saturated rings. The SMILES string of the molecule is C[C@H](CO)N1C[C@H](C)[C@H](CN(C)Cc2ccccc2)Oc2ccc(NC(=O)Nc3ccccc3)cc2CC1=O. The Morgan fingerprint density at radius 2 is 1.72 bits per heavy atom. The maximum atomic E-state index is 13.4. The molecule has 1 aliphatic rings. The number of amides is 3. The highest BCUT2D eigenvalue weighted by Crippen LogP contribution is 2.29. The van der Waals surface area contributed by atoms with E-state index in [1.807, 2.05) is 61.5 Å².